The molecule has 0 aromatic heterocycles. The maximum Gasteiger partial charge on any atom is 0.251 e. The van der Waals surface area contributed by atoms with Gasteiger partial charge in [-0.25, -0.2) is 0 Å². The number of aryl methyl sites for hydroxylation is 1. The van der Waals surface area contributed by atoms with Crippen molar-refractivity contribution in [1.29, 1.82) is 0 Å². The molecule has 2 N–H and O–H groups in total. The van der Waals surface area contributed by atoms with Gasteiger partial charge in [0.25, 0.3) is 5.91 Å². The zero-order valence-corrected chi connectivity index (χ0v) is 9.66. The van der Waals surface area contributed by atoms with Crippen LogP contribution in [0.3, 0.4) is 0 Å². The van der Waals surface area contributed by atoms with Crippen LogP contribution in [0.25, 0.3) is 0 Å². The first-order valence-corrected chi connectivity index (χ1v) is 5.34. The van der Waals surface area contributed by atoms with E-state index in [1.54, 1.807) is 19.1 Å². The number of rotatable bonds is 4. The van der Waals surface area contributed by atoms with Crippen molar-refractivity contribution in [2.24, 2.45) is 0 Å². The smallest absolute Gasteiger partial charge is 0.251 e. The van der Waals surface area contributed by atoms with E-state index in [-0.39, 0.29) is 11.7 Å². The first-order chi connectivity index (χ1) is 7.65. The second kappa shape index (κ2) is 5.95. The first kappa shape index (κ1) is 12.3. The van der Waals surface area contributed by atoms with E-state index in [1.165, 1.54) is 6.07 Å². The molecule has 0 aliphatic rings. The van der Waals surface area contributed by atoms with E-state index in [4.69, 9.17) is 0 Å². The molecule has 1 rings (SSSR count). The molecule has 3 nitrogen and oxygen atoms in total. The summed E-state index contributed by atoms with van der Waals surface area (Å²) in [6.07, 6.45) is 4.79. The van der Waals surface area contributed by atoms with Crippen molar-refractivity contribution in [2.45, 2.75) is 20.3 Å². The molecule has 16 heavy (non-hydrogen) atoms. The Kier molecular flexibility index (Phi) is 4.58. The molecule has 0 heterocycles. The van der Waals surface area contributed by atoms with Crippen molar-refractivity contribution in [2.75, 3.05) is 6.54 Å². The molecule has 0 spiro atoms. The molecule has 1 amide bonds. The van der Waals surface area contributed by atoms with Gasteiger partial charge in [0.2, 0.25) is 0 Å². The van der Waals surface area contributed by atoms with Crippen molar-refractivity contribution in [3.8, 4) is 5.75 Å². The molecule has 0 atom stereocenters. The zero-order valence-electron chi connectivity index (χ0n) is 9.66. The Morgan fingerprint density at radius 1 is 1.50 bits per heavy atom. The average molecular weight is 219 g/mol. The fourth-order valence-electron chi connectivity index (χ4n) is 1.33. The molecular weight excluding hydrogens is 202 g/mol. The Balaban J connectivity index is 2.56. The molecular formula is C13H17NO2. The molecule has 0 aliphatic carbocycles. The molecule has 0 saturated heterocycles. The van der Waals surface area contributed by atoms with Crippen LogP contribution in [-0.2, 0) is 0 Å². The Labute approximate surface area is 95.8 Å². The number of phenols is 1. The summed E-state index contributed by atoms with van der Waals surface area (Å²) in [4.78, 5) is 11.7. The monoisotopic (exact) mass is 219 g/mol. The summed E-state index contributed by atoms with van der Waals surface area (Å²) in [6.45, 7) is 4.35. The number of nitrogens with one attached hydrogen (secondary N) is 1. The minimum atomic E-state index is -0.104. The Morgan fingerprint density at radius 3 is 2.88 bits per heavy atom. The number of hydrogen-bond donors (Lipinski definition) is 2. The van der Waals surface area contributed by atoms with Gasteiger partial charge in [0, 0.05) is 12.1 Å². The van der Waals surface area contributed by atoms with Gasteiger partial charge in [0.15, 0.2) is 0 Å². The van der Waals surface area contributed by atoms with Gasteiger partial charge in [0.05, 0.1) is 0 Å². The van der Waals surface area contributed by atoms with Crippen molar-refractivity contribution in [3.05, 3.63) is 41.5 Å². The lowest BCUT2D eigenvalue weighted by Crippen LogP contribution is -2.24. The van der Waals surface area contributed by atoms with Crippen LogP contribution in [0.4, 0.5) is 0 Å². The third-order valence-corrected chi connectivity index (χ3v) is 2.29. The van der Waals surface area contributed by atoms with Gasteiger partial charge in [-0.3, -0.25) is 4.79 Å². The predicted octanol–water partition coefficient (Wildman–Crippen LogP) is 2.40. The predicted molar refractivity (Wildman–Crippen MR) is 64.6 cm³/mol. The molecule has 0 bridgehead atoms. The van der Waals surface area contributed by atoms with E-state index >= 15 is 0 Å². The Hall–Kier alpha value is -1.77. The maximum atomic E-state index is 11.7. The van der Waals surface area contributed by atoms with E-state index < -0.39 is 0 Å². The van der Waals surface area contributed by atoms with Crippen LogP contribution in [0.15, 0.2) is 30.4 Å². The molecule has 0 aliphatic heterocycles. The Morgan fingerprint density at radius 2 is 2.25 bits per heavy atom. The summed E-state index contributed by atoms with van der Waals surface area (Å²) in [6, 6.07) is 4.84. The maximum absolute atomic E-state index is 11.7. The van der Waals surface area contributed by atoms with Crippen LogP contribution in [0, 0.1) is 6.92 Å². The summed E-state index contributed by atoms with van der Waals surface area (Å²) < 4.78 is 0. The average Bonchev–Trinajstić information content (AvgIpc) is 2.28. The standard InChI is InChI=1S/C13H17NO2/c1-3-4-5-8-14-13(16)11-6-7-12(15)10(2)9-11/h3-4,6-7,9,15H,5,8H2,1-2H3,(H,14,16)/b4-3+. The number of aromatic hydroxyl groups is 1. The molecule has 0 radical (unpaired) electrons. The topological polar surface area (TPSA) is 49.3 Å². The number of carbonyl (C=O) groups is 1. The van der Waals surface area contributed by atoms with Crippen molar-refractivity contribution in [3.63, 3.8) is 0 Å². The van der Waals surface area contributed by atoms with Gasteiger partial charge < -0.3 is 10.4 Å². The van der Waals surface area contributed by atoms with Gasteiger partial charge in [-0.1, -0.05) is 12.2 Å². The van der Waals surface area contributed by atoms with Crippen LogP contribution < -0.4 is 5.32 Å². The first-order valence-electron chi connectivity index (χ1n) is 5.34. The number of hydrogen-bond acceptors (Lipinski definition) is 2. The molecule has 0 saturated carbocycles. The van der Waals surface area contributed by atoms with Crippen LogP contribution >= 0.6 is 0 Å². The quantitative estimate of drug-likeness (QED) is 0.603. The van der Waals surface area contributed by atoms with E-state index in [0.29, 0.717) is 17.7 Å². The van der Waals surface area contributed by atoms with Gasteiger partial charge in [-0.2, -0.15) is 0 Å². The van der Waals surface area contributed by atoms with Crippen LogP contribution in [0.2, 0.25) is 0 Å². The number of benzene rings is 1. The number of allylic oxidation sites excluding steroid dienone is 1. The molecule has 3 heteroatoms. The SMILES string of the molecule is C/C=C/CCNC(=O)c1ccc(O)c(C)c1. The summed E-state index contributed by atoms with van der Waals surface area (Å²) in [7, 11) is 0. The van der Waals surface area contributed by atoms with Gasteiger partial charge in [-0.15, -0.1) is 0 Å². The highest BCUT2D eigenvalue weighted by Gasteiger charge is 2.05. The lowest BCUT2D eigenvalue weighted by Gasteiger charge is -2.05. The fraction of sp³-hybridized carbons (Fsp3) is 0.308. The van der Waals surface area contributed by atoms with Gasteiger partial charge in [-0.05, 0) is 44.0 Å². The molecule has 0 unspecified atom stereocenters. The summed E-state index contributed by atoms with van der Waals surface area (Å²) >= 11 is 0. The van der Waals surface area contributed by atoms with Crippen LogP contribution in [0.1, 0.15) is 29.3 Å². The van der Waals surface area contributed by atoms with Gasteiger partial charge >= 0.3 is 0 Å². The number of amides is 1. The van der Waals surface area contributed by atoms with E-state index in [2.05, 4.69) is 5.32 Å². The van der Waals surface area contributed by atoms with Crippen molar-refractivity contribution in [1.82, 2.24) is 5.32 Å². The summed E-state index contributed by atoms with van der Waals surface area (Å²) in [5.41, 5.74) is 1.29. The zero-order chi connectivity index (χ0) is 12.0. The lowest BCUT2D eigenvalue weighted by atomic mass is 10.1. The molecule has 86 valence electrons. The highest BCUT2D eigenvalue weighted by atomic mass is 16.3. The largest absolute Gasteiger partial charge is 0.508 e. The van der Waals surface area contributed by atoms with E-state index in [1.807, 2.05) is 19.1 Å². The summed E-state index contributed by atoms with van der Waals surface area (Å²) in [5.74, 6) is 0.109. The number of phenolic OH excluding ortho intramolecular Hbond substituents is 1. The van der Waals surface area contributed by atoms with Crippen molar-refractivity contribution >= 4 is 5.91 Å². The van der Waals surface area contributed by atoms with Crippen LogP contribution in [0.5, 0.6) is 5.75 Å². The van der Waals surface area contributed by atoms with Crippen molar-refractivity contribution < 1.29 is 9.90 Å². The second-order valence-corrected chi connectivity index (χ2v) is 3.61. The third kappa shape index (κ3) is 3.42. The number of carbonyl (C=O) groups excluding carboxylic acids is 1. The van der Waals surface area contributed by atoms with Crippen LogP contribution in [-0.4, -0.2) is 17.6 Å². The highest BCUT2D eigenvalue weighted by Crippen LogP contribution is 2.16. The highest BCUT2D eigenvalue weighted by molar-refractivity contribution is 5.94. The fourth-order valence-corrected chi connectivity index (χ4v) is 1.33. The molecule has 1 aromatic carbocycles. The third-order valence-electron chi connectivity index (χ3n) is 2.29. The van der Waals surface area contributed by atoms with E-state index in [9.17, 15) is 9.90 Å². The minimum absolute atomic E-state index is 0.104. The second-order valence-electron chi connectivity index (χ2n) is 3.61. The minimum Gasteiger partial charge on any atom is -0.508 e. The molecule has 0 fully saturated rings. The summed E-state index contributed by atoms with van der Waals surface area (Å²) in [5, 5.41) is 12.1. The van der Waals surface area contributed by atoms with Gasteiger partial charge in [0.1, 0.15) is 5.75 Å². The lowest BCUT2D eigenvalue weighted by molar-refractivity contribution is 0.0954. The normalized spacial score (nSPS) is 10.6. The Bertz CT molecular complexity index is 397. The molecule has 1 aromatic rings. The van der Waals surface area contributed by atoms with E-state index in [0.717, 1.165) is 6.42 Å².